The molecular weight excluding hydrogens is 279 g/mol. The van der Waals surface area contributed by atoms with Gasteiger partial charge in [-0.15, -0.1) is 5.10 Å². The lowest BCUT2D eigenvalue weighted by Crippen LogP contribution is -2.14. The lowest BCUT2D eigenvalue weighted by molar-refractivity contribution is -0.146. The second kappa shape index (κ2) is 4.69. The molecule has 0 amide bonds. The molecule has 0 aliphatic heterocycles. The summed E-state index contributed by atoms with van der Waals surface area (Å²) in [6.45, 7) is 0. The molecule has 102 valence electrons. The molecule has 0 atom stereocenters. The van der Waals surface area contributed by atoms with Gasteiger partial charge in [-0.25, -0.2) is 4.68 Å². The van der Waals surface area contributed by atoms with Crippen molar-refractivity contribution in [3.8, 4) is 11.4 Å². The number of aromatic nitrogens is 3. The summed E-state index contributed by atoms with van der Waals surface area (Å²) in [5.74, 6) is -0.621. The summed E-state index contributed by atoms with van der Waals surface area (Å²) in [5, 5.41) is 3.42. The van der Waals surface area contributed by atoms with Crippen molar-refractivity contribution in [3.05, 3.63) is 34.9 Å². The van der Waals surface area contributed by atoms with Crippen LogP contribution in [0.15, 0.2) is 24.3 Å². The van der Waals surface area contributed by atoms with E-state index in [1.165, 1.54) is 26.3 Å². The lowest BCUT2D eigenvalue weighted by atomic mass is 10.3. The fourth-order valence-corrected chi connectivity index (χ4v) is 1.86. The number of methoxy groups -OCH3 is 1. The van der Waals surface area contributed by atoms with Gasteiger partial charge >= 0.3 is 6.18 Å². The molecule has 0 fully saturated rings. The highest BCUT2D eigenvalue weighted by molar-refractivity contribution is 7.71. The molecule has 0 spiro atoms. The Kier molecular flexibility index (Phi) is 3.36. The van der Waals surface area contributed by atoms with Gasteiger partial charge in [0.25, 0.3) is 0 Å². The third kappa shape index (κ3) is 2.48. The van der Waals surface area contributed by atoms with Crippen molar-refractivity contribution in [2.45, 2.75) is 6.18 Å². The summed E-state index contributed by atoms with van der Waals surface area (Å²) in [6.07, 6.45) is -4.59. The molecule has 0 saturated heterocycles. The number of benzene rings is 1. The minimum atomic E-state index is -4.59. The van der Waals surface area contributed by atoms with E-state index in [4.69, 9.17) is 17.0 Å². The zero-order chi connectivity index (χ0) is 14.2. The zero-order valence-corrected chi connectivity index (χ0v) is 10.9. The van der Waals surface area contributed by atoms with E-state index in [0.717, 1.165) is 9.25 Å². The minimum Gasteiger partial charge on any atom is -0.497 e. The van der Waals surface area contributed by atoms with Crippen LogP contribution in [0.4, 0.5) is 13.2 Å². The van der Waals surface area contributed by atoms with Gasteiger partial charge in [0.1, 0.15) is 5.75 Å². The first-order valence-corrected chi connectivity index (χ1v) is 5.63. The van der Waals surface area contributed by atoms with E-state index in [0.29, 0.717) is 5.75 Å². The van der Waals surface area contributed by atoms with Gasteiger partial charge in [0.2, 0.25) is 10.6 Å². The molecule has 0 aliphatic carbocycles. The molecule has 1 aromatic heterocycles. The van der Waals surface area contributed by atoms with Crippen LogP contribution >= 0.6 is 12.2 Å². The van der Waals surface area contributed by atoms with E-state index in [2.05, 4.69) is 5.10 Å². The minimum absolute atomic E-state index is 0.0411. The largest absolute Gasteiger partial charge is 0.497 e. The average molecular weight is 289 g/mol. The Morgan fingerprint density at radius 3 is 2.58 bits per heavy atom. The predicted molar refractivity (Wildman–Crippen MR) is 64.9 cm³/mol. The number of hydrogen-bond donors (Lipinski definition) is 0. The fourth-order valence-electron chi connectivity index (χ4n) is 1.63. The van der Waals surface area contributed by atoms with E-state index >= 15 is 0 Å². The van der Waals surface area contributed by atoms with E-state index in [1.54, 1.807) is 12.1 Å². The molecule has 4 nitrogen and oxygen atoms in total. The molecule has 2 aromatic rings. The highest BCUT2D eigenvalue weighted by Gasteiger charge is 2.38. The molecule has 0 aliphatic rings. The first-order chi connectivity index (χ1) is 8.84. The third-order valence-corrected chi connectivity index (χ3v) is 2.94. The molecule has 0 bridgehead atoms. The van der Waals surface area contributed by atoms with Crippen molar-refractivity contribution in [2.75, 3.05) is 7.11 Å². The van der Waals surface area contributed by atoms with E-state index < -0.39 is 12.0 Å². The topological polar surface area (TPSA) is 32.0 Å². The molecule has 19 heavy (non-hydrogen) atoms. The third-order valence-electron chi connectivity index (χ3n) is 2.49. The number of aryl methyl sites for hydroxylation is 1. The van der Waals surface area contributed by atoms with E-state index in [9.17, 15) is 13.2 Å². The van der Waals surface area contributed by atoms with Gasteiger partial charge in [-0.05, 0) is 24.4 Å². The number of rotatable bonds is 2. The molecule has 1 aromatic carbocycles. The maximum atomic E-state index is 12.9. The van der Waals surface area contributed by atoms with Crippen molar-refractivity contribution in [2.24, 2.45) is 7.05 Å². The number of nitrogens with zero attached hydrogens (tertiary/aromatic N) is 3. The van der Waals surface area contributed by atoms with Crippen molar-refractivity contribution in [3.63, 3.8) is 0 Å². The van der Waals surface area contributed by atoms with Crippen LogP contribution in [0.2, 0.25) is 0 Å². The van der Waals surface area contributed by atoms with E-state index in [-0.39, 0.29) is 10.5 Å². The zero-order valence-electron chi connectivity index (χ0n) is 10.1. The van der Waals surface area contributed by atoms with Gasteiger partial charge in [-0.3, -0.25) is 4.57 Å². The van der Waals surface area contributed by atoms with Crippen molar-refractivity contribution in [1.82, 2.24) is 14.3 Å². The Morgan fingerprint density at radius 2 is 2.00 bits per heavy atom. The quantitative estimate of drug-likeness (QED) is 0.797. The van der Waals surface area contributed by atoms with Crippen LogP contribution in [0.25, 0.3) is 5.69 Å². The van der Waals surface area contributed by atoms with Crippen LogP contribution < -0.4 is 4.74 Å². The SMILES string of the molecule is COc1cccc(-n2c(C(F)(F)F)nn(C)c2=S)c1. The molecule has 0 N–H and O–H groups in total. The predicted octanol–water partition coefficient (Wildman–Crippen LogP) is 2.97. The molecule has 1 heterocycles. The summed E-state index contributed by atoms with van der Waals surface area (Å²) in [6, 6.07) is 6.20. The van der Waals surface area contributed by atoms with E-state index in [1.807, 2.05) is 0 Å². The standard InChI is InChI=1S/C11H10F3N3OS/c1-16-10(19)17(9(15-16)11(12,13)14)7-4-3-5-8(6-7)18-2/h3-6H,1-2H3. The maximum absolute atomic E-state index is 12.9. The van der Waals surface area contributed by atoms with Crippen LogP contribution in [-0.2, 0) is 13.2 Å². The molecule has 0 unspecified atom stereocenters. The summed E-state index contributed by atoms with van der Waals surface area (Å²) < 4.78 is 45.6. The van der Waals surface area contributed by atoms with Crippen molar-refractivity contribution < 1.29 is 17.9 Å². The second-order valence-corrected chi connectivity index (χ2v) is 4.13. The van der Waals surface area contributed by atoms with Crippen LogP contribution in [0.5, 0.6) is 5.75 Å². The molecule has 0 radical (unpaired) electrons. The van der Waals surface area contributed by atoms with Gasteiger partial charge in [-0.1, -0.05) is 6.07 Å². The van der Waals surface area contributed by atoms with Crippen molar-refractivity contribution in [1.29, 1.82) is 0 Å². The first kappa shape index (κ1) is 13.6. The monoisotopic (exact) mass is 289 g/mol. The van der Waals surface area contributed by atoms with Crippen LogP contribution in [0, 0.1) is 4.77 Å². The molecular formula is C11H10F3N3OS. The Labute approximate surface area is 112 Å². The van der Waals surface area contributed by atoms with Crippen LogP contribution in [-0.4, -0.2) is 21.5 Å². The Hall–Kier alpha value is -1.83. The average Bonchev–Trinajstić information content (AvgIpc) is 2.66. The van der Waals surface area contributed by atoms with Gasteiger partial charge in [0.15, 0.2) is 0 Å². The number of alkyl halides is 3. The summed E-state index contributed by atoms with van der Waals surface area (Å²) in [4.78, 5) is 0. The van der Waals surface area contributed by atoms with Gasteiger partial charge < -0.3 is 4.74 Å². The van der Waals surface area contributed by atoms with Gasteiger partial charge in [0.05, 0.1) is 12.8 Å². The van der Waals surface area contributed by atoms with Crippen LogP contribution in [0.3, 0.4) is 0 Å². The normalized spacial score (nSPS) is 11.6. The molecule has 2 rings (SSSR count). The highest BCUT2D eigenvalue weighted by atomic mass is 32.1. The van der Waals surface area contributed by atoms with Crippen molar-refractivity contribution >= 4 is 12.2 Å². The first-order valence-electron chi connectivity index (χ1n) is 5.22. The summed E-state index contributed by atoms with van der Waals surface area (Å²) >= 11 is 4.97. The lowest BCUT2D eigenvalue weighted by Gasteiger charge is -2.10. The highest BCUT2D eigenvalue weighted by Crippen LogP contribution is 2.30. The number of ether oxygens (including phenoxy) is 1. The Balaban J connectivity index is 2.70. The Morgan fingerprint density at radius 1 is 1.32 bits per heavy atom. The number of hydrogen-bond acceptors (Lipinski definition) is 3. The van der Waals surface area contributed by atoms with Gasteiger partial charge in [-0.2, -0.15) is 13.2 Å². The summed E-state index contributed by atoms with van der Waals surface area (Å²) in [5.41, 5.74) is 0.254. The fraction of sp³-hybridized carbons (Fsp3) is 0.273. The Bertz CT molecular complexity index is 660. The molecule has 0 saturated carbocycles. The molecule has 8 heteroatoms. The van der Waals surface area contributed by atoms with Gasteiger partial charge in [0, 0.05) is 13.1 Å². The smallest absolute Gasteiger partial charge is 0.452 e. The summed E-state index contributed by atoms with van der Waals surface area (Å²) in [7, 11) is 2.81. The maximum Gasteiger partial charge on any atom is 0.452 e. The second-order valence-electron chi connectivity index (χ2n) is 3.76. The van der Waals surface area contributed by atoms with Crippen LogP contribution in [0.1, 0.15) is 5.82 Å². The number of halogens is 3.